The molecule has 5 nitrogen and oxygen atoms in total. The van der Waals surface area contributed by atoms with Crippen LogP contribution in [-0.4, -0.2) is 29.6 Å². The van der Waals surface area contributed by atoms with Crippen molar-refractivity contribution < 1.29 is 9.53 Å². The van der Waals surface area contributed by atoms with E-state index < -0.39 is 0 Å². The van der Waals surface area contributed by atoms with Gasteiger partial charge in [-0.3, -0.25) is 4.79 Å². The zero-order valence-electron chi connectivity index (χ0n) is 13.9. The van der Waals surface area contributed by atoms with Crippen LogP contribution in [-0.2, 0) is 5.75 Å². The van der Waals surface area contributed by atoms with E-state index in [1.165, 1.54) is 16.9 Å². The Kier molecular flexibility index (Phi) is 6.65. The molecule has 3 aromatic rings. The van der Waals surface area contributed by atoms with E-state index in [2.05, 4.69) is 43.6 Å². The summed E-state index contributed by atoms with van der Waals surface area (Å²) in [6.07, 6.45) is 0. The van der Waals surface area contributed by atoms with Gasteiger partial charge in [0.1, 0.15) is 5.75 Å². The number of carbonyl (C=O) groups is 1. The van der Waals surface area contributed by atoms with E-state index in [9.17, 15) is 4.79 Å². The first-order valence-electron chi connectivity index (χ1n) is 7.76. The van der Waals surface area contributed by atoms with Gasteiger partial charge in [0.25, 0.3) is 0 Å². The molecule has 0 saturated heterocycles. The van der Waals surface area contributed by atoms with Crippen LogP contribution in [0.3, 0.4) is 0 Å². The average molecular weight is 450 g/mol. The molecule has 0 saturated carbocycles. The number of rotatable bonds is 8. The minimum absolute atomic E-state index is 0.0259. The van der Waals surface area contributed by atoms with Gasteiger partial charge in [-0.15, -0.1) is 10.2 Å². The van der Waals surface area contributed by atoms with Crippen LogP contribution in [0.4, 0.5) is 5.13 Å². The molecule has 26 heavy (non-hydrogen) atoms. The van der Waals surface area contributed by atoms with Crippen LogP contribution in [0.5, 0.6) is 5.75 Å². The zero-order valence-corrected chi connectivity index (χ0v) is 17.2. The fourth-order valence-electron chi connectivity index (χ4n) is 2.16. The second kappa shape index (κ2) is 9.16. The van der Waals surface area contributed by atoms with E-state index in [0.29, 0.717) is 16.4 Å². The molecule has 1 heterocycles. The summed E-state index contributed by atoms with van der Waals surface area (Å²) in [7, 11) is 1.59. The molecule has 0 radical (unpaired) electrons. The van der Waals surface area contributed by atoms with E-state index in [1.807, 2.05) is 18.2 Å². The van der Waals surface area contributed by atoms with E-state index in [1.54, 1.807) is 37.1 Å². The minimum Gasteiger partial charge on any atom is -0.496 e. The molecule has 0 spiro atoms. The van der Waals surface area contributed by atoms with Crippen LogP contribution in [0, 0.1) is 0 Å². The van der Waals surface area contributed by atoms with Crippen molar-refractivity contribution in [3.05, 3.63) is 64.1 Å². The molecule has 0 aliphatic carbocycles. The Balaban J connectivity index is 1.52. The smallest absolute Gasteiger partial charge is 0.206 e. The molecular weight excluding hydrogens is 434 g/mol. The summed E-state index contributed by atoms with van der Waals surface area (Å²) >= 11 is 6.47. The fraction of sp³-hybridized carbons (Fsp3) is 0.167. The molecule has 0 amide bonds. The highest BCUT2D eigenvalue weighted by atomic mass is 79.9. The van der Waals surface area contributed by atoms with Crippen molar-refractivity contribution in [3.8, 4) is 5.75 Å². The topological polar surface area (TPSA) is 64.1 Å². The summed E-state index contributed by atoms with van der Waals surface area (Å²) in [6, 6.07) is 15.5. The second-order valence-corrected chi connectivity index (χ2v) is 8.33. The molecule has 0 aliphatic heterocycles. The number of Topliss-reactive ketones (excluding diaryl/α,β-unsaturated/α-hetero) is 1. The molecule has 3 rings (SSSR count). The fourth-order valence-corrected chi connectivity index (χ4v) is 4.40. The number of nitrogens with zero attached hydrogens (tertiary/aromatic N) is 2. The van der Waals surface area contributed by atoms with E-state index >= 15 is 0 Å². The molecule has 0 fully saturated rings. The summed E-state index contributed by atoms with van der Waals surface area (Å²) in [5, 5.41) is 11.9. The number of carbonyl (C=O) groups excluding carboxylic acids is 1. The number of thioether (sulfide) groups is 1. The van der Waals surface area contributed by atoms with Gasteiger partial charge in [-0.25, -0.2) is 0 Å². The Hall–Kier alpha value is -1.90. The van der Waals surface area contributed by atoms with E-state index in [-0.39, 0.29) is 12.3 Å². The molecule has 2 aromatic carbocycles. The molecule has 0 unspecified atom stereocenters. The Morgan fingerprint density at radius 2 is 2.04 bits per heavy atom. The summed E-state index contributed by atoms with van der Waals surface area (Å²) in [5.74, 6) is 1.51. The first-order chi connectivity index (χ1) is 12.7. The number of aromatic nitrogens is 2. The van der Waals surface area contributed by atoms with Gasteiger partial charge in [-0.05, 0) is 39.7 Å². The Bertz CT molecular complexity index is 887. The number of halogens is 1. The third-order valence-electron chi connectivity index (χ3n) is 3.49. The first kappa shape index (κ1) is 18.9. The normalized spacial score (nSPS) is 10.5. The number of anilines is 1. The van der Waals surface area contributed by atoms with Crippen molar-refractivity contribution >= 4 is 49.9 Å². The molecule has 0 aliphatic rings. The van der Waals surface area contributed by atoms with Crippen LogP contribution in [0.15, 0.2) is 57.3 Å². The molecule has 0 atom stereocenters. The van der Waals surface area contributed by atoms with Crippen molar-refractivity contribution in [1.29, 1.82) is 0 Å². The molecule has 1 N–H and O–H groups in total. The number of methoxy groups -OCH3 is 1. The number of hydrogen-bond acceptors (Lipinski definition) is 7. The van der Waals surface area contributed by atoms with Crippen LogP contribution >= 0.6 is 39.0 Å². The minimum atomic E-state index is -0.0259. The third-order valence-corrected chi connectivity index (χ3v) is 6.19. The number of benzene rings is 2. The summed E-state index contributed by atoms with van der Waals surface area (Å²) in [6.45, 7) is 0.163. The Morgan fingerprint density at radius 3 is 2.77 bits per heavy atom. The van der Waals surface area contributed by atoms with Crippen molar-refractivity contribution in [1.82, 2.24) is 10.2 Å². The lowest BCUT2D eigenvalue weighted by molar-refractivity contribution is 0.101. The highest BCUT2D eigenvalue weighted by molar-refractivity contribution is 9.10. The Morgan fingerprint density at radius 1 is 1.23 bits per heavy atom. The van der Waals surface area contributed by atoms with Crippen LogP contribution in [0.25, 0.3) is 0 Å². The predicted octanol–water partition coefficient (Wildman–Crippen LogP) is 4.90. The highest BCUT2D eigenvalue weighted by Gasteiger charge is 2.11. The average Bonchev–Trinajstić information content (AvgIpc) is 3.13. The third kappa shape index (κ3) is 5.06. The van der Waals surface area contributed by atoms with Gasteiger partial charge in [0.2, 0.25) is 5.13 Å². The van der Waals surface area contributed by atoms with Gasteiger partial charge in [-0.1, -0.05) is 53.4 Å². The van der Waals surface area contributed by atoms with Crippen molar-refractivity contribution in [2.45, 2.75) is 10.1 Å². The zero-order chi connectivity index (χ0) is 18.4. The van der Waals surface area contributed by atoms with Crippen molar-refractivity contribution in [2.75, 3.05) is 19.0 Å². The van der Waals surface area contributed by atoms with Gasteiger partial charge < -0.3 is 10.1 Å². The largest absolute Gasteiger partial charge is 0.496 e. The number of ketones is 1. The molecule has 0 bridgehead atoms. The second-order valence-electron chi connectivity index (χ2n) is 5.27. The van der Waals surface area contributed by atoms with Crippen LogP contribution in [0.2, 0.25) is 0 Å². The van der Waals surface area contributed by atoms with Crippen LogP contribution < -0.4 is 10.1 Å². The molecule has 134 valence electrons. The maximum Gasteiger partial charge on any atom is 0.206 e. The van der Waals surface area contributed by atoms with Gasteiger partial charge >= 0.3 is 0 Å². The lowest BCUT2D eigenvalue weighted by atomic mass is 10.1. The quantitative estimate of drug-likeness (QED) is 0.389. The molecule has 1 aromatic heterocycles. The number of nitrogens with one attached hydrogen (secondary N) is 1. The van der Waals surface area contributed by atoms with Gasteiger partial charge in [0.15, 0.2) is 10.1 Å². The number of ether oxygens (including phenoxy) is 1. The SMILES string of the molecule is COc1ccc(C(=O)CNc2nnc(SCc3ccccc3)s2)cc1Br. The van der Waals surface area contributed by atoms with Gasteiger partial charge in [0, 0.05) is 11.3 Å². The first-order valence-corrected chi connectivity index (χ1v) is 10.4. The molecular formula is C18H16BrN3O2S2. The maximum absolute atomic E-state index is 12.3. The van der Waals surface area contributed by atoms with Gasteiger partial charge in [-0.2, -0.15) is 0 Å². The van der Waals surface area contributed by atoms with Crippen molar-refractivity contribution in [2.24, 2.45) is 0 Å². The van der Waals surface area contributed by atoms with E-state index in [4.69, 9.17) is 4.74 Å². The van der Waals surface area contributed by atoms with E-state index in [0.717, 1.165) is 14.6 Å². The molecule has 8 heteroatoms. The highest BCUT2D eigenvalue weighted by Crippen LogP contribution is 2.28. The summed E-state index contributed by atoms with van der Waals surface area (Å²) < 4.78 is 6.80. The number of hydrogen-bond donors (Lipinski definition) is 1. The van der Waals surface area contributed by atoms with Crippen molar-refractivity contribution in [3.63, 3.8) is 0 Å². The standard InChI is InChI=1S/C18H16BrN3O2S2/c1-24-16-8-7-13(9-14(16)19)15(23)10-20-17-21-22-18(26-17)25-11-12-5-3-2-4-6-12/h2-9H,10-11H2,1H3,(H,20,21). The summed E-state index contributed by atoms with van der Waals surface area (Å²) in [5.41, 5.74) is 1.84. The lowest BCUT2D eigenvalue weighted by Crippen LogP contribution is -2.13. The van der Waals surface area contributed by atoms with Gasteiger partial charge in [0.05, 0.1) is 18.1 Å². The van der Waals surface area contributed by atoms with Crippen LogP contribution in [0.1, 0.15) is 15.9 Å². The maximum atomic E-state index is 12.3. The Labute approximate surface area is 168 Å². The summed E-state index contributed by atoms with van der Waals surface area (Å²) in [4.78, 5) is 12.3. The monoisotopic (exact) mass is 449 g/mol. The predicted molar refractivity (Wildman–Crippen MR) is 109 cm³/mol. The lowest BCUT2D eigenvalue weighted by Gasteiger charge is -2.06.